The van der Waals surface area contributed by atoms with Gasteiger partial charge in [0.05, 0.1) is 11.9 Å². The molecule has 2 atom stereocenters. The first-order valence-electron chi connectivity index (χ1n) is 5.65. The van der Waals surface area contributed by atoms with Gasteiger partial charge in [-0.05, 0) is 31.4 Å². The van der Waals surface area contributed by atoms with Crippen LogP contribution >= 0.6 is 0 Å². The number of hydrogen-bond acceptors (Lipinski definition) is 3. The molecule has 0 spiro atoms. The number of nitrogens with zero attached hydrogens (tertiary/aromatic N) is 2. The van der Waals surface area contributed by atoms with E-state index in [0.717, 1.165) is 18.2 Å². The maximum absolute atomic E-state index is 7.29. The fourth-order valence-corrected chi connectivity index (χ4v) is 2.37. The number of nitrogens with two attached hydrogens (primary N) is 1. The van der Waals surface area contributed by atoms with Crippen LogP contribution in [0.3, 0.4) is 0 Å². The number of nitrogens with one attached hydrogen (secondary N) is 1. The number of anilines is 1. The maximum Gasteiger partial charge on any atom is 0.141 e. The minimum absolute atomic E-state index is 0.0226. The van der Waals surface area contributed by atoms with Crippen LogP contribution in [0.5, 0.6) is 0 Å². The molecule has 2 rings (SSSR count). The fraction of sp³-hybridized carbons (Fsp3) is 0.500. The molecule has 0 bridgehead atoms. The molecule has 1 saturated heterocycles. The van der Waals surface area contributed by atoms with Crippen LogP contribution in [0, 0.1) is 11.3 Å². The third-order valence-electron chi connectivity index (χ3n) is 3.14. The molecule has 16 heavy (non-hydrogen) atoms. The standard InChI is InChI=1S/C12H18N4/c1-8-5-9(2)16(7-8)10-3-4-11(12(13)14)15-6-10/h3-4,6,8-9H,5,7H2,1-2H3,(H3,13,14). The molecule has 1 aromatic rings. The third kappa shape index (κ3) is 2.01. The van der Waals surface area contributed by atoms with Gasteiger partial charge in [-0.15, -0.1) is 0 Å². The van der Waals surface area contributed by atoms with E-state index in [0.29, 0.717) is 11.7 Å². The summed E-state index contributed by atoms with van der Waals surface area (Å²) in [6, 6.07) is 4.38. The first-order chi connectivity index (χ1) is 7.58. The molecule has 86 valence electrons. The molecule has 0 aromatic carbocycles. The predicted molar refractivity (Wildman–Crippen MR) is 65.8 cm³/mol. The molecular formula is C12H18N4. The normalized spacial score (nSPS) is 24.8. The van der Waals surface area contributed by atoms with Gasteiger partial charge in [0.15, 0.2) is 0 Å². The Balaban J connectivity index is 2.19. The van der Waals surface area contributed by atoms with Crippen molar-refractivity contribution in [2.75, 3.05) is 11.4 Å². The fourth-order valence-electron chi connectivity index (χ4n) is 2.37. The Morgan fingerprint density at radius 2 is 2.25 bits per heavy atom. The lowest BCUT2D eigenvalue weighted by Crippen LogP contribution is -2.27. The van der Waals surface area contributed by atoms with Gasteiger partial charge in [0, 0.05) is 12.6 Å². The topological polar surface area (TPSA) is 66.0 Å². The highest BCUT2D eigenvalue weighted by Crippen LogP contribution is 2.27. The van der Waals surface area contributed by atoms with Crippen molar-refractivity contribution in [1.29, 1.82) is 5.41 Å². The Labute approximate surface area is 96.0 Å². The Morgan fingerprint density at radius 1 is 1.50 bits per heavy atom. The van der Waals surface area contributed by atoms with Crippen LogP contribution in [0.4, 0.5) is 5.69 Å². The SMILES string of the molecule is CC1CC(C)N(c2ccc(C(=N)N)nc2)C1. The van der Waals surface area contributed by atoms with Crippen molar-refractivity contribution in [2.24, 2.45) is 11.7 Å². The number of aromatic nitrogens is 1. The zero-order chi connectivity index (χ0) is 11.7. The Hall–Kier alpha value is -1.58. The quantitative estimate of drug-likeness (QED) is 0.585. The lowest BCUT2D eigenvalue weighted by molar-refractivity contribution is 0.625. The molecule has 1 fully saturated rings. The minimum atomic E-state index is 0.0226. The van der Waals surface area contributed by atoms with Crippen LogP contribution in [0.25, 0.3) is 0 Å². The lowest BCUT2D eigenvalue weighted by atomic mass is 10.1. The van der Waals surface area contributed by atoms with Crippen LogP contribution in [-0.4, -0.2) is 23.4 Å². The summed E-state index contributed by atoms with van der Waals surface area (Å²) in [5.41, 5.74) is 7.05. The molecular weight excluding hydrogens is 200 g/mol. The van der Waals surface area contributed by atoms with Crippen LogP contribution in [-0.2, 0) is 0 Å². The lowest BCUT2D eigenvalue weighted by Gasteiger charge is -2.23. The summed E-state index contributed by atoms with van der Waals surface area (Å²) in [5.74, 6) is 0.761. The van der Waals surface area contributed by atoms with E-state index in [-0.39, 0.29) is 5.84 Å². The second-order valence-electron chi connectivity index (χ2n) is 4.66. The molecule has 3 N–H and O–H groups in total. The number of hydrogen-bond donors (Lipinski definition) is 2. The van der Waals surface area contributed by atoms with Gasteiger partial charge in [0.1, 0.15) is 11.5 Å². The van der Waals surface area contributed by atoms with Gasteiger partial charge in [-0.25, -0.2) is 0 Å². The van der Waals surface area contributed by atoms with Gasteiger partial charge in [0.25, 0.3) is 0 Å². The number of amidine groups is 1. The number of pyridine rings is 1. The molecule has 0 saturated carbocycles. The zero-order valence-electron chi connectivity index (χ0n) is 9.77. The average Bonchev–Trinajstić information content (AvgIpc) is 2.58. The summed E-state index contributed by atoms with van der Waals surface area (Å²) in [5, 5.41) is 7.29. The van der Waals surface area contributed by atoms with Crippen LogP contribution < -0.4 is 10.6 Å². The molecule has 1 aromatic heterocycles. The summed E-state index contributed by atoms with van der Waals surface area (Å²) in [4.78, 5) is 6.55. The van der Waals surface area contributed by atoms with Crippen LogP contribution in [0.2, 0.25) is 0 Å². The van der Waals surface area contributed by atoms with Crippen LogP contribution in [0.1, 0.15) is 26.0 Å². The average molecular weight is 218 g/mol. The zero-order valence-corrected chi connectivity index (χ0v) is 9.77. The second-order valence-corrected chi connectivity index (χ2v) is 4.66. The predicted octanol–water partition coefficient (Wildman–Crippen LogP) is 1.60. The Bertz CT molecular complexity index is 385. The van der Waals surface area contributed by atoms with Gasteiger partial charge in [0.2, 0.25) is 0 Å². The molecule has 0 aliphatic carbocycles. The van der Waals surface area contributed by atoms with E-state index < -0.39 is 0 Å². The summed E-state index contributed by atoms with van der Waals surface area (Å²) in [6.45, 7) is 5.60. The Morgan fingerprint density at radius 3 is 2.69 bits per heavy atom. The van der Waals surface area contributed by atoms with Crippen molar-refractivity contribution < 1.29 is 0 Å². The van der Waals surface area contributed by atoms with Gasteiger partial charge in [-0.1, -0.05) is 6.92 Å². The highest BCUT2D eigenvalue weighted by Gasteiger charge is 2.26. The molecule has 2 unspecified atom stereocenters. The maximum atomic E-state index is 7.29. The first-order valence-corrected chi connectivity index (χ1v) is 5.65. The largest absolute Gasteiger partial charge is 0.382 e. The summed E-state index contributed by atoms with van der Waals surface area (Å²) in [6.07, 6.45) is 3.04. The van der Waals surface area contributed by atoms with Crippen molar-refractivity contribution >= 4 is 11.5 Å². The second kappa shape index (κ2) is 4.12. The van der Waals surface area contributed by atoms with Crippen molar-refractivity contribution in [3.63, 3.8) is 0 Å². The third-order valence-corrected chi connectivity index (χ3v) is 3.14. The molecule has 0 radical (unpaired) electrons. The summed E-state index contributed by atoms with van der Waals surface area (Å²) >= 11 is 0. The van der Waals surface area contributed by atoms with E-state index in [2.05, 4.69) is 23.7 Å². The van der Waals surface area contributed by atoms with E-state index in [1.165, 1.54) is 6.42 Å². The van der Waals surface area contributed by atoms with E-state index in [4.69, 9.17) is 11.1 Å². The van der Waals surface area contributed by atoms with Crippen molar-refractivity contribution in [3.8, 4) is 0 Å². The molecule has 0 amide bonds. The number of rotatable bonds is 2. The van der Waals surface area contributed by atoms with E-state index in [1.54, 1.807) is 0 Å². The molecule has 1 aliphatic heterocycles. The molecule has 1 aliphatic rings. The van der Waals surface area contributed by atoms with Gasteiger partial charge in [-0.2, -0.15) is 0 Å². The number of nitrogen functional groups attached to an aromatic ring is 1. The minimum Gasteiger partial charge on any atom is -0.382 e. The molecule has 4 heteroatoms. The summed E-state index contributed by atoms with van der Waals surface area (Å²) < 4.78 is 0. The monoisotopic (exact) mass is 218 g/mol. The van der Waals surface area contributed by atoms with E-state index in [1.807, 2.05) is 18.3 Å². The first kappa shape index (κ1) is 10.9. The van der Waals surface area contributed by atoms with E-state index in [9.17, 15) is 0 Å². The van der Waals surface area contributed by atoms with Gasteiger partial charge < -0.3 is 10.6 Å². The van der Waals surface area contributed by atoms with E-state index >= 15 is 0 Å². The Kier molecular flexibility index (Phi) is 2.81. The molecule has 2 heterocycles. The highest BCUT2D eigenvalue weighted by atomic mass is 15.2. The van der Waals surface area contributed by atoms with Gasteiger partial charge in [-0.3, -0.25) is 10.4 Å². The van der Waals surface area contributed by atoms with Crippen LogP contribution in [0.15, 0.2) is 18.3 Å². The van der Waals surface area contributed by atoms with Crippen molar-refractivity contribution in [2.45, 2.75) is 26.3 Å². The smallest absolute Gasteiger partial charge is 0.141 e. The van der Waals surface area contributed by atoms with Crippen molar-refractivity contribution in [3.05, 3.63) is 24.0 Å². The summed E-state index contributed by atoms with van der Waals surface area (Å²) in [7, 11) is 0. The molecule has 4 nitrogen and oxygen atoms in total. The highest BCUT2D eigenvalue weighted by molar-refractivity contribution is 5.93. The van der Waals surface area contributed by atoms with Crippen molar-refractivity contribution in [1.82, 2.24) is 4.98 Å². The van der Waals surface area contributed by atoms with Gasteiger partial charge >= 0.3 is 0 Å².